The van der Waals surface area contributed by atoms with E-state index >= 15 is 0 Å². The molecule has 17 heavy (non-hydrogen) atoms. The Kier molecular flexibility index (Phi) is 6.08. The van der Waals surface area contributed by atoms with Crippen molar-refractivity contribution in [2.75, 3.05) is 20.3 Å². The molecule has 1 aromatic rings. The molecule has 4 heteroatoms. The van der Waals surface area contributed by atoms with Gasteiger partial charge in [-0.05, 0) is 26.0 Å². The molecule has 1 atom stereocenters. The van der Waals surface area contributed by atoms with E-state index < -0.39 is 11.6 Å². The van der Waals surface area contributed by atoms with Crippen LogP contribution in [0.4, 0.5) is 8.78 Å². The van der Waals surface area contributed by atoms with Crippen molar-refractivity contribution < 1.29 is 13.5 Å². The second-order valence-electron chi connectivity index (χ2n) is 3.89. The van der Waals surface area contributed by atoms with E-state index in [0.717, 1.165) is 12.5 Å². The predicted molar refractivity (Wildman–Crippen MR) is 63.9 cm³/mol. The van der Waals surface area contributed by atoms with Crippen LogP contribution in [0.5, 0.6) is 0 Å². The largest absolute Gasteiger partial charge is 0.381 e. The van der Waals surface area contributed by atoms with Gasteiger partial charge < -0.3 is 10.1 Å². The maximum atomic E-state index is 13.6. The van der Waals surface area contributed by atoms with Crippen LogP contribution >= 0.6 is 0 Å². The highest BCUT2D eigenvalue weighted by Gasteiger charge is 2.16. The summed E-state index contributed by atoms with van der Waals surface area (Å²) in [7, 11) is 1.73. The number of hydrogen-bond acceptors (Lipinski definition) is 2. The fraction of sp³-hybridized carbons (Fsp3) is 0.538. The molecular weight excluding hydrogens is 224 g/mol. The summed E-state index contributed by atoms with van der Waals surface area (Å²) < 4.78 is 32.0. The third kappa shape index (κ3) is 4.06. The summed E-state index contributed by atoms with van der Waals surface area (Å²) in [4.78, 5) is 0. The van der Waals surface area contributed by atoms with E-state index in [2.05, 4.69) is 5.32 Å². The minimum atomic E-state index is -0.808. The van der Waals surface area contributed by atoms with Gasteiger partial charge in [-0.2, -0.15) is 0 Å². The first-order chi connectivity index (χ1) is 8.20. The summed E-state index contributed by atoms with van der Waals surface area (Å²) in [5.41, 5.74) is 0.354. The molecule has 0 aromatic heterocycles. The normalized spacial score (nSPS) is 12.7. The molecule has 1 rings (SSSR count). The average Bonchev–Trinajstić information content (AvgIpc) is 2.34. The van der Waals surface area contributed by atoms with E-state index in [4.69, 9.17) is 4.74 Å². The maximum Gasteiger partial charge on any atom is 0.163 e. The number of nitrogens with one attached hydrogen (secondary N) is 1. The first-order valence-electron chi connectivity index (χ1n) is 5.89. The van der Waals surface area contributed by atoms with Crippen LogP contribution in [0.2, 0.25) is 0 Å². The maximum absolute atomic E-state index is 13.6. The van der Waals surface area contributed by atoms with Gasteiger partial charge in [0.1, 0.15) is 0 Å². The Labute approximate surface area is 101 Å². The molecule has 1 aromatic carbocycles. The summed E-state index contributed by atoms with van der Waals surface area (Å²) in [6, 6.07) is 4.02. The van der Waals surface area contributed by atoms with E-state index in [0.29, 0.717) is 25.2 Å². The molecule has 0 bridgehead atoms. The fourth-order valence-corrected chi connectivity index (χ4v) is 1.69. The first-order valence-corrected chi connectivity index (χ1v) is 5.89. The topological polar surface area (TPSA) is 21.3 Å². The lowest BCUT2D eigenvalue weighted by Gasteiger charge is -2.17. The molecule has 0 aliphatic carbocycles. The van der Waals surface area contributed by atoms with Crippen molar-refractivity contribution in [2.45, 2.75) is 25.8 Å². The monoisotopic (exact) mass is 243 g/mol. The molecule has 1 N–H and O–H groups in total. The number of rotatable bonds is 7. The van der Waals surface area contributed by atoms with Crippen molar-refractivity contribution in [3.63, 3.8) is 0 Å². The molecule has 1 unspecified atom stereocenters. The van der Waals surface area contributed by atoms with Crippen LogP contribution in [-0.2, 0) is 4.74 Å². The van der Waals surface area contributed by atoms with Gasteiger partial charge in [0.15, 0.2) is 11.6 Å². The zero-order valence-electron chi connectivity index (χ0n) is 10.3. The van der Waals surface area contributed by atoms with Gasteiger partial charge in [-0.15, -0.1) is 0 Å². The Bertz CT molecular complexity index is 344. The molecule has 0 heterocycles. The summed E-state index contributed by atoms with van der Waals surface area (Å²) in [6.45, 7) is 3.26. The third-order valence-corrected chi connectivity index (χ3v) is 2.60. The van der Waals surface area contributed by atoms with E-state index in [1.54, 1.807) is 13.1 Å². The van der Waals surface area contributed by atoms with Crippen LogP contribution in [0.15, 0.2) is 18.2 Å². The molecule has 0 radical (unpaired) electrons. The zero-order valence-corrected chi connectivity index (χ0v) is 10.3. The summed E-state index contributed by atoms with van der Waals surface area (Å²) in [6.07, 6.45) is 1.58. The minimum Gasteiger partial charge on any atom is -0.381 e. The second kappa shape index (κ2) is 7.35. The molecule has 0 spiro atoms. The van der Waals surface area contributed by atoms with Gasteiger partial charge in [0, 0.05) is 24.8 Å². The molecule has 0 saturated heterocycles. The second-order valence-corrected chi connectivity index (χ2v) is 3.89. The van der Waals surface area contributed by atoms with Gasteiger partial charge in [0.25, 0.3) is 0 Å². The predicted octanol–water partition coefficient (Wildman–Crippen LogP) is 3.04. The number of benzene rings is 1. The van der Waals surface area contributed by atoms with E-state index in [1.165, 1.54) is 6.07 Å². The smallest absolute Gasteiger partial charge is 0.163 e. The zero-order chi connectivity index (χ0) is 12.7. The van der Waals surface area contributed by atoms with Crippen molar-refractivity contribution in [2.24, 2.45) is 0 Å². The Morgan fingerprint density at radius 3 is 2.71 bits per heavy atom. The Hall–Kier alpha value is -1.00. The number of hydrogen-bond donors (Lipinski definition) is 1. The van der Waals surface area contributed by atoms with Crippen LogP contribution < -0.4 is 5.32 Å². The lowest BCUT2D eigenvalue weighted by atomic mass is 10.0. The van der Waals surface area contributed by atoms with E-state index in [1.807, 2.05) is 6.92 Å². The standard InChI is InChI=1S/C13H19F2NO/c1-3-8-17-9-7-12(16-2)10-5-4-6-11(14)13(10)15/h4-6,12,16H,3,7-9H2,1-2H3. The van der Waals surface area contributed by atoms with Gasteiger partial charge in [-0.25, -0.2) is 8.78 Å². The Morgan fingerprint density at radius 1 is 1.29 bits per heavy atom. The summed E-state index contributed by atoms with van der Waals surface area (Å²) in [5, 5.41) is 2.98. The summed E-state index contributed by atoms with van der Waals surface area (Å²) >= 11 is 0. The van der Waals surface area contributed by atoms with Crippen molar-refractivity contribution in [3.05, 3.63) is 35.4 Å². The third-order valence-electron chi connectivity index (χ3n) is 2.60. The van der Waals surface area contributed by atoms with Crippen LogP contribution in [0, 0.1) is 11.6 Å². The molecule has 0 amide bonds. The highest BCUT2D eigenvalue weighted by molar-refractivity contribution is 5.22. The molecular formula is C13H19F2NO. The van der Waals surface area contributed by atoms with Gasteiger partial charge in [0.05, 0.1) is 0 Å². The van der Waals surface area contributed by atoms with Gasteiger partial charge in [-0.1, -0.05) is 19.1 Å². The van der Waals surface area contributed by atoms with Crippen LogP contribution in [-0.4, -0.2) is 20.3 Å². The van der Waals surface area contributed by atoms with E-state index in [-0.39, 0.29) is 6.04 Å². The molecule has 0 saturated carbocycles. The molecule has 0 aliphatic heterocycles. The van der Waals surface area contributed by atoms with Crippen LogP contribution in [0.1, 0.15) is 31.4 Å². The highest BCUT2D eigenvalue weighted by Crippen LogP contribution is 2.21. The molecule has 2 nitrogen and oxygen atoms in total. The average molecular weight is 243 g/mol. The quantitative estimate of drug-likeness (QED) is 0.743. The summed E-state index contributed by atoms with van der Waals surface area (Å²) in [5.74, 6) is -1.58. The first kappa shape index (κ1) is 14.1. The SMILES string of the molecule is CCCOCCC(NC)c1cccc(F)c1F. The lowest BCUT2D eigenvalue weighted by Crippen LogP contribution is -2.20. The van der Waals surface area contributed by atoms with Crippen LogP contribution in [0.25, 0.3) is 0 Å². The Balaban J connectivity index is 2.63. The molecule has 0 aliphatic rings. The number of halogens is 2. The van der Waals surface area contributed by atoms with E-state index in [9.17, 15) is 8.78 Å². The number of ether oxygens (including phenoxy) is 1. The van der Waals surface area contributed by atoms with Gasteiger partial charge >= 0.3 is 0 Å². The lowest BCUT2D eigenvalue weighted by molar-refractivity contribution is 0.125. The van der Waals surface area contributed by atoms with Crippen molar-refractivity contribution >= 4 is 0 Å². The van der Waals surface area contributed by atoms with Crippen LogP contribution in [0.3, 0.4) is 0 Å². The minimum absolute atomic E-state index is 0.220. The highest BCUT2D eigenvalue weighted by atomic mass is 19.2. The Morgan fingerprint density at radius 2 is 2.06 bits per heavy atom. The van der Waals surface area contributed by atoms with Gasteiger partial charge in [-0.3, -0.25) is 0 Å². The van der Waals surface area contributed by atoms with Crippen molar-refractivity contribution in [1.29, 1.82) is 0 Å². The fourth-order valence-electron chi connectivity index (χ4n) is 1.69. The van der Waals surface area contributed by atoms with Crippen molar-refractivity contribution in [3.8, 4) is 0 Å². The molecule has 0 fully saturated rings. The van der Waals surface area contributed by atoms with Crippen molar-refractivity contribution in [1.82, 2.24) is 5.32 Å². The van der Waals surface area contributed by atoms with Gasteiger partial charge in [0.2, 0.25) is 0 Å². The molecule has 96 valence electrons.